The molecule has 1 aliphatic rings. The Morgan fingerprint density at radius 2 is 2.06 bits per heavy atom. The van der Waals surface area contributed by atoms with Crippen LogP contribution in [-0.2, 0) is 0 Å². The predicted octanol–water partition coefficient (Wildman–Crippen LogP) is 2.50. The van der Waals surface area contributed by atoms with Crippen LogP contribution in [0.15, 0.2) is 18.2 Å². The van der Waals surface area contributed by atoms with Crippen LogP contribution in [0.3, 0.4) is 0 Å². The highest BCUT2D eigenvalue weighted by molar-refractivity contribution is 5.77. The molecule has 4 nitrogen and oxygen atoms in total. The molecule has 18 heavy (non-hydrogen) atoms. The summed E-state index contributed by atoms with van der Waals surface area (Å²) in [4.78, 5) is 23.0. The number of piperidine rings is 1. The molecule has 1 N–H and O–H groups in total. The number of likely N-dealkylation sites (tertiary alicyclic amines) is 1. The minimum atomic E-state index is -0.947. The number of benzene rings is 1. The Balaban J connectivity index is 2.19. The lowest BCUT2D eigenvalue weighted by atomic mass is 9.86. The van der Waals surface area contributed by atoms with Crippen molar-refractivity contribution in [1.29, 1.82) is 0 Å². The van der Waals surface area contributed by atoms with Gasteiger partial charge in [0.1, 0.15) is 12.1 Å². The van der Waals surface area contributed by atoms with E-state index in [1.54, 1.807) is 6.07 Å². The zero-order valence-electron chi connectivity index (χ0n) is 9.80. The minimum Gasteiger partial charge on any atom is -0.465 e. The number of carboxylic acid groups (broad SMARTS) is 1. The van der Waals surface area contributed by atoms with Crippen molar-refractivity contribution >= 4 is 12.4 Å². The van der Waals surface area contributed by atoms with E-state index in [-0.39, 0.29) is 11.7 Å². The summed E-state index contributed by atoms with van der Waals surface area (Å²) in [6, 6.07) is 4.44. The molecule has 0 spiro atoms. The van der Waals surface area contributed by atoms with Crippen molar-refractivity contribution in [3.8, 4) is 0 Å². The van der Waals surface area contributed by atoms with E-state index in [9.17, 15) is 14.0 Å². The van der Waals surface area contributed by atoms with E-state index in [1.165, 1.54) is 17.0 Å². The van der Waals surface area contributed by atoms with Crippen molar-refractivity contribution in [2.45, 2.75) is 18.8 Å². The molecular weight excluding hydrogens is 237 g/mol. The van der Waals surface area contributed by atoms with E-state index in [1.807, 2.05) is 0 Å². The van der Waals surface area contributed by atoms with Crippen LogP contribution in [0.25, 0.3) is 0 Å². The standard InChI is InChI=1S/C13H14FNO3/c14-11-3-1-2-10(8-16)12(11)9-4-6-15(7-5-9)13(17)18/h1-3,8-9H,4-7H2,(H,17,18). The Hall–Kier alpha value is -1.91. The van der Waals surface area contributed by atoms with E-state index in [2.05, 4.69) is 0 Å². The van der Waals surface area contributed by atoms with Gasteiger partial charge in [0, 0.05) is 24.2 Å². The van der Waals surface area contributed by atoms with E-state index < -0.39 is 6.09 Å². The highest BCUT2D eigenvalue weighted by atomic mass is 19.1. The number of carbonyl (C=O) groups excluding carboxylic acids is 1. The summed E-state index contributed by atoms with van der Waals surface area (Å²) in [5, 5.41) is 8.85. The monoisotopic (exact) mass is 251 g/mol. The Labute approximate surface area is 104 Å². The first kappa shape index (κ1) is 12.5. The number of hydrogen-bond donors (Lipinski definition) is 1. The van der Waals surface area contributed by atoms with Gasteiger partial charge in [-0.15, -0.1) is 0 Å². The van der Waals surface area contributed by atoms with Crippen LogP contribution in [-0.4, -0.2) is 35.5 Å². The molecule has 5 heteroatoms. The predicted molar refractivity (Wildman–Crippen MR) is 63.4 cm³/mol. The van der Waals surface area contributed by atoms with E-state index in [4.69, 9.17) is 5.11 Å². The zero-order chi connectivity index (χ0) is 13.1. The molecule has 0 aromatic heterocycles. The Kier molecular flexibility index (Phi) is 3.60. The molecule has 0 unspecified atom stereocenters. The molecule has 96 valence electrons. The third kappa shape index (κ3) is 2.34. The van der Waals surface area contributed by atoms with Gasteiger partial charge in [-0.2, -0.15) is 0 Å². The maximum Gasteiger partial charge on any atom is 0.407 e. The maximum absolute atomic E-state index is 13.8. The first-order valence-corrected chi connectivity index (χ1v) is 5.85. The summed E-state index contributed by atoms with van der Waals surface area (Å²) in [6.45, 7) is 0.763. The third-order valence-electron chi connectivity index (χ3n) is 3.39. The Morgan fingerprint density at radius 1 is 1.39 bits per heavy atom. The average Bonchev–Trinajstić information content (AvgIpc) is 2.38. The Bertz CT molecular complexity index is 467. The van der Waals surface area contributed by atoms with Crippen molar-refractivity contribution in [2.75, 3.05) is 13.1 Å². The SMILES string of the molecule is O=Cc1cccc(F)c1C1CCN(C(=O)O)CC1. The summed E-state index contributed by atoms with van der Waals surface area (Å²) in [7, 11) is 0. The van der Waals surface area contributed by atoms with E-state index in [0.717, 1.165) is 0 Å². The lowest BCUT2D eigenvalue weighted by molar-refractivity contribution is 0.111. The normalized spacial score (nSPS) is 16.6. The molecule has 1 aromatic rings. The second-order valence-corrected chi connectivity index (χ2v) is 4.40. The molecule has 2 rings (SSSR count). The first-order chi connectivity index (χ1) is 8.63. The molecule has 0 radical (unpaired) electrons. The van der Waals surface area contributed by atoms with Crippen LogP contribution in [0, 0.1) is 5.82 Å². The third-order valence-corrected chi connectivity index (χ3v) is 3.39. The van der Waals surface area contributed by atoms with Crippen LogP contribution >= 0.6 is 0 Å². The van der Waals surface area contributed by atoms with Gasteiger partial charge >= 0.3 is 6.09 Å². The minimum absolute atomic E-state index is 0.0815. The number of halogens is 1. The molecule has 1 heterocycles. The summed E-state index contributed by atoms with van der Waals surface area (Å²) < 4.78 is 13.8. The van der Waals surface area contributed by atoms with Crippen LogP contribution in [0.5, 0.6) is 0 Å². The smallest absolute Gasteiger partial charge is 0.407 e. The molecule has 0 bridgehead atoms. The molecule has 1 amide bonds. The molecule has 0 saturated carbocycles. The lowest BCUT2D eigenvalue weighted by Gasteiger charge is -2.30. The van der Waals surface area contributed by atoms with Crippen molar-refractivity contribution < 1.29 is 19.1 Å². The van der Waals surface area contributed by atoms with Crippen molar-refractivity contribution in [1.82, 2.24) is 4.90 Å². The molecule has 0 aliphatic carbocycles. The number of amides is 1. The second kappa shape index (κ2) is 5.16. The average molecular weight is 251 g/mol. The van der Waals surface area contributed by atoms with Gasteiger partial charge in [0.2, 0.25) is 0 Å². The maximum atomic E-state index is 13.8. The van der Waals surface area contributed by atoms with Crippen molar-refractivity contribution in [3.63, 3.8) is 0 Å². The summed E-state index contributed by atoms with van der Waals surface area (Å²) in [6.07, 6.45) is 0.807. The number of nitrogens with zero attached hydrogens (tertiary/aromatic N) is 1. The largest absolute Gasteiger partial charge is 0.465 e. The van der Waals surface area contributed by atoms with Crippen molar-refractivity contribution in [2.24, 2.45) is 0 Å². The highest BCUT2D eigenvalue weighted by Gasteiger charge is 2.26. The van der Waals surface area contributed by atoms with Crippen LogP contribution < -0.4 is 0 Å². The second-order valence-electron chi connectivity index (χ2n) is 4.40. The summed E-state index contributed by atoms with van der Waals surface area (Å²) >= 11 is 0. The van der Waals surface area contributed by atoms with Gasteiger partial charge in [0.15, 0.2) is 0 Å². The first-order valence-electron chi connectivity index (χ1n) is 5.85. The van der Waals surface area contributed by atoms with Gasteiger partial charge in [-0.3, -0.25) is 4.79 Å². The number of rotatable bonds is 2. The van der Waals surface area contributed by atoms with Gasteiger partial charge < -0.3 is 10.0 Å². The van der Waals surface area contributed by atoms with Crippen LogP contribution in [0.2, 0.25) is 0 Å². The quantitative estimate of drug-likeness (QED) is 0.821. The highest BCUT2D eigenvalue weighted by Crippen LogP contribution is 2.31. The number of carbonyl (C=O) groups is 2. The fraction of sp³-hybridized carbons (Fsp3) is 0.385. The fourth-order valence-corrected chi connectivity index (χ4v) is 2.45. The van der Waals surface area contributed by atoms with Gasteiger partial charge in [-0.1, -0.05) is 12.1 Å². The van der Waals surface area contributed by atoms with Gasteiger partial charge in [0.05, 0.1) is 0 Å². The summed E-state index contributed by atoms with van der Waals surface area (Å²) in [5.41, 5.74) is 0.793. The van der Waals surface area contributed by atoms with Gasteiger partial charge in [-0.05, 0) is 24.8 Å². The Morgan fingerprint density at radius 3 is 2.61 bits per heavy atom. The summed E-state index contributed by atoms with van der Waals surface area (Å²) in [5.74, 6) is -0.463. The van der Waals surface area contributed by atoms with Crippen molar-refractivity contribution in [3.05, 3.63) is 35.1 Å². The number of aldehydes is 1. The van der Waals surface area contributed by atoms with E-state index in [0.29, 0.717) is 43.3 Å². The van der Waals surface area contributed by atoms with E-state index >= 15 is 0 Å². The molecule has 1 saturated heterocycles. The molecule has 1 fully saturated rings. The van der Waals surface area contributed by atoms with Crippen LogP contribution in [0.4, 0.5) is 9.18 Å². The van der Waals surface area contributed by atoms with Gasteiger partial charge in [-0.25, -0.2) is 9.18 Å². The molecule has 1 aliphatic heterocycles. The number of hydrogen-bond acceptors (Lipinski definition) is 2. The van der Waals surface area contributed by atoms with Crippen LogP contribution in [0.1, 0.15) is 34.7 Å². The fourth-order valence-electron chi connectivity index (χ4n) is 2.45. The zero-order valence-corrected chi connectivity index (χ0v) is 9.80. The molecular formula is C13H14FNO3. The topological polar surface area (TPSA) is 57.6 Å². The van der Waals surface area contributed by atoms with Gasteiger partial charge in [0.25, 0.3) is 0 Å². The lowest BCUT2D eigenvalue weighted by Crippen LogP contribution is -2.37. The molecule has 1 aromatic carbocycles. The molecule has 0 atom stereocenters.